The smallest absolute Gasteiger partial charge is 0.267 e. The lowest BCUT2D eigenvalue weighted by atomic mass is 9.87. The van der Waals surface area contributed by atoms with Crippen LogP contribution < -0.4 is 5.43 Å². The lowest BCUT2D eigenvalue weighted by Crippen LogP contribution is -2.18. The van der Waals surface area contributed by atoms with Gasteiger partial charge in [-0.05, 0) is 40.1 Å². The molecule has 0 fully saturated rings. The molecule has 0 aliphatic rings. The van der Waals surface area contributed by atoms with Crippen LogP contribution >= 0.6 is 11.3 Å². The summed E-state index contributed by atoms with van der Waals surface area (Å²) in [5, 5.41) is 6.97. The van der Waals surface area contributed by atoms with Gasteiger partial charge in [0.15, 0.2) is 0 Å². The van der Waals surface area contributed by atoms with E-state index in [4.69, 9.17) is 4.98 Å². The Morgan fingerprint density at radius 2 is 1.80 bits per heavy atom. The number of pyridine rings is 1. The minimum atomic E-state index is -0.256. The number of aromatic nitrogens is 1. The van der Waals surface area contributed by atoms with Crippen LogP contribution in [0.5, 0.6) is 0 Å². The largest absolute Gasteiger partial charge is 0.272 e. The van der Waals surface area contributed by atoms with E-state index in [1.807, 2.05) is 60.0 Å². The number of nitrogens with one attached hydrogen (secondary N) is 1. The van der Waals surface area contributed by atoms with Gasteiger partial charge in [0.2, 0.25) is 0 Å². The molecular weight excluding hydrogens is 390 g/mol. The Labute approximate surface area is 180 Å². The number of carbonyl (C=O) groups is 1. The third-order valence-electron chi connectivity index (χ3n) is 4.89. The molecule has 1 N–H and O–H groups in total. The summed E-state index contributed by atoms with van der Waals surface area (Å²) in [5.74, 6) is -0.256. The topological polar surface area (TPSA) is 54.4 Å². The van der Waals surface area contributed by atoms with Gasteiger partial charge in [-0.15, -0.1) is 11.3 Å². The molecule has 2 aromatic heterocycles. The Bertz CT molecular complexity index is 1200. The highest BCUT2D eigenvalue weighted by Crippen LogP contribution is 2.28. The zero-order valence-corrected chi connectivity index (χ0v) is 18.0. The summed E-state index contributed by atoms with van der Waals surface area (Å²) >= 11 is 1.60. The second-order valence-electron chi connectivity index (χ2n) is 8.12. The molecule has 30 heavy (non-hydrogen) atoms. The zero-order chi connectivity index (χ0) is 21.1. The van der Waals surface area contributed by atoms with E-state index in [-0.39, 0.29) is 11.3 Å². The van der Waals surface area contributed by atoms with Gasteiger partial charge in [-0.2, -0.15) is 5.10 Å². The van der Waals surface area contributed by atoms with Crippen molar-refractivity contribution in [2.45, 2.75) is 26.2 Å². The van der Waals surface area contributed by atoms with E-state index in [2.05, 4.69) is 43.4 Å². The van der Waals surface area contributed by atoms with Crippen LogP contribution in [-0.2, 0) is 5.41 Å². The summed E-state index contributed by atoms with van der Waals surface area (Å²) in [6.45, 7) is 6.54. The molecule has 0 saturated carbocycles. The zero-order valence-electron chi connectivity index (χ0n) is 17.2. The lowest BCUT2D eigenvalue weighted by Gasteiger charge is -2.18. The van der Waals surface area contributed by atoms with Crippen molar-refractivity contribution >= 4 is 34.4 Å². The van der Waals surface area contributed by atoms with Crippen LogP contribution in [0.3, 0.4) is 0 Å². The van der Waals surface area contributed by atoms with Gasteiger partial charge in [0, 0.05) is 5.39 Å². The molecule has 0 radical (unpaired) electrons. The summed E-state index contributed by atoms with van der Waals surface area (Å²) in [7, 11) is 0. The molecule has 1 amide bonds. The molecular formula is C25H23N3OS. The van der Waals surface area contributed by atoms with Gasteiger partial charge in [0.25, 0.3) is 5.91 Å². The number of rotatable bonds is 4. The molecule has 4 aromatic rings. The van der Waals surface area contributed by atoms with Crippen molar-refractivity contribution in [3.63, 3.8) is 0 Å². The summed E-state index contributed by atoms with van der Waals surface area (Å²) in [6, 6.07) is 21.7. The molecule has 0 aliphatic carbocycles. The quantitative estimate of drug-likeness (QED) is 0.328. The number of hydrogen-bond acceptors (Lipinski definition) is 4. The van der Waals surface area contributed by atoms with Crippen molar-refractivity contribution in [3.8, 4) is 10.6 Å². The second kappa shape index (κ2) is 8.20. The molecule has 0 spiro atoms. The maximum Gasteiger partial charge on any atom is 0.272 e. The van der Waals surface area contributed by atoms with Crippen molar-refractivity contribution < 1.29 is 4.79 Å². The van der Waals surface area contributed by atoms with Crippen molar-refractivity contribution in [1.29, 1.82) is 0 Å². The molecule has 0 atom stereocenters. The van der Waals surface area contributed by atoms with Gasteiger partial charge < -0.3 is 0 Å². The number of nitrogens with zero attached hydrogens (tertiary/aromatic N) is 2. The molecule has 0 bridgehead atoms. The van der Waals surface area contributed by atoms with E-state index in [0.29, 0.717) is 5.56 Å². The van der Waals surface area contributed by atoms with Gasteiger partial charge in [-0.3, -0.25) is 4.79 Å². The maximum absolute atomic E-state index is 12.9. The van der Waals surface area contributed by atoms with Crippen molar-refractivity contribution in [3.05, 3.63) is 88.8 Å². The van der Waals surface area contributed by atoms with Gasteiger partial charge >= 0.3 is 0 Å². The normalized spacial score (nSPS) is 11.8. The van der Waals surface area contributed by atoms with E-state index in [1.165, 1.54) is 5.56 Å². The van der Waals surface area contributed by atoms with Crippen molar-refractivity contribution in [2.24, 2.45) is 5.10 Å². The molecule has 0 saturated heterocycles. The molecule has 2 aromatic carbocycles. The average molecular weight is 414 g/mol. The number of thiophene rings is 1. The summed E-state index contributed by atoms with van der Waals surface area (Å²) in [6.07, 6.45) is 1.66. The molecule has 0 unspecified atom stereocenters. The molecule has 150 valence electrons. The van der Waals surface area contributed by atoms with Crippen LogP contribution in [0.2, 0.25) is 0 Å². The molecule has 4 rings (SSSR count). The van der Waals surface area contributed by atoms with E-state index < -0.39 is 0 Å². The third kappa shape index (κ3) is 4.31. The lowest BCUT2D eigenvalue weighted by molar-refractivity contribution is 0.0956. The number of hydrazone groups is 1. The number of benzene rings is 2. The van der Waals surface area contributed by atoms with Crippen molar-refractivity contribution in [1.82, 2.24) is 10.4 Å². The standard InChI is InChI=1S/C25H23N3OS/c1-25(2,3)18-12-10-17(11-13-18)16-26-28-24(29)20-15-22(23-9-6-14-30-23)27-21-8-5-4-7-19(20)21/h4-16H,1-3H3,(H,28,29)/b26-16-. The minimum absolute atomic E-state index is 0.104. The highest BCUT2D eigenvalue weighted by Gasteiger charge is 2.14. The van der Waals surface area contributed by atoms with Crippen LogP contribution in [0, 0.1) is 0 Å². The minimum Gasteiger partial charge on any atom is -0.267 e. The van der Waals surface area contributed by atoms with Gasteiger partial charge in [0.1, 0.15) is 0 Å². The fraction of sp³-hybridized carbons (Fsp3) is 0.160. The van der Waals surface area contributed by atoms with Crippen molar-refractivity contribution in [2.75, 3.05) is 0 Å². The van der Waals surface area contributed by atoms with E-state index >= 15 is 0 Å². The fourth-order valence-corrected chi connectivity index (χ4v) is 3.89. The molecule has 4 nitrogen and oxygen atoms in total. The number of fused-ring (bicyclic) bond motifs is 1. The highest BCUT2D eigenvalue weighted by atomic mass is 32.1. The SMILES string of the molecule is CC(C)(C)c1ccc(/C=N\NC(=O)c2cc(-c3cccs3)nc3ccccc23)cc1. The highest BCUT2D eigenvalue weighted by molar-refractivity contribution is 7.13. The Morgan fingerprint density at radius 3 is 2.50 bits per heavy atom. The first kappa shape index (κ1) is 20.0. The molecule has 2 heterocycles. The summed E-state index contributed by atoms with van der Waals surface area (Å²) < 4.78 is 0. The van der Waals surface area contributed by atoms with Crippen LogP contribution in [-0.4, -0.2) is 17.1 Å². The number of amides is 1. The van der Waals surface area contributed by atoms with Gasteiger partial charge in [-0.25, -0.2) is 10.4 Å². The van der Waals surface area contributed by atoms with E-state index in [1.54, 1.807) is 17.6 Å². The van der Waals surface area contributed by atoms with Crippen LogP contribution in [0.25, 0.3) is 21.5 Å². The van der Waals surface area contributed by atoms with Gasteiger partial charge in [0.05, 0.1) is 27.9 Å². The van der Waals surface area contributed by atoms with Crippen LogP contribution in [0.15, 0.2) is 77.2 Å². The van der Waals surface area contributed by atoms with Crippen LogP contribution in [0.1, 0.15) is 42.3 Å². The average Bonchev–Trinajstić information content (AvgIpc) is 3.27. The number of para-hydroxylation sites is 1. The van der Waals surface area contributed by atoms with E-state index in [0.717, 1.165) is 27.0 Å². The Hall–Kier alpha value is -3.31. The first-order valence-electron chi connectivity index (χ1n) is 9.79. The Balaban J connectivity index is 1.58. The Kier molecular flexibility index (Phi) is 5.46. The predicted octanol–water partition coefficient (Wildman–Crippen LogP) is 6.02. The number of carbonyl (C=O) groups excluding carboxylic acids is 1. The fourth-order valence-electron chi connectivity index (χ4n) is 3.21. The maximum atomic E-state index is 12.9. The van der Waals surface area contributed by atoms with Crippen LogP contribution in [0.4, 0.5) is 0 Å². The third-order valence-corrected chi connectivity index (χ3v) is 5.78. The van der Waals surface area contributed by atoms with Gasteiger partial charge in [-0.1, -0.05) is 69.3 Å². The summed E-state index contributed by atoms with van der Waals surface area (Å²) in [5.41, 5.74) is 7.09. The first-order valence-corrected chi connectivity index (χ1v) is 10.7. The second-order valence-corrected chi connectivity index (χ2v) is 9.07. The van der Waals surface area contributed by atoms with E-state index in [9.17, 15) is 4.79 Å². The molecule has 0 aliphatic heterocycles. The predicted molar refractivity (Wildman–Crippen MR) is 125 cm³/mol. The first-order chi connectivity index (χ1) is 14.4. The number of hydrogen-bond donors (Lipinski definition) is 1. The summed E-state index contributed by atoms with van der Waals surface area (Å²) in [4.78, 5) is 18.6. The monoisotopic (exact) mass is 413 g/mol. The molecule has 5 heteroatoms. The Morgan fingerprint density at radius 1 is 1.03 bits per heavy atom.